The second-order valence-corrected chi connectivity index (χ2v) is 11.4. The fourth-order valence-corrected chi connectivity index (χ4v) is 6.20. The van der Waals surface area contributed by atoms with E-state index in [4.69, 9.17) is 4.74 Å². The molecule has 11 heteroatoms. The zero-order chi connectivity index (χ0) is 27.0. The molecule has 2 aromatic rings. The van der Waals surface area contributed by atoms with E-state index in [0.29, 0.717) is 24.0 Å². The van der Waals surface area contributed by atoms with E-state index >= 15 is 0 Å². The maximum atomic E-state index is 13.2. The monoisotopic (exact) mass is 530 g/mol. The fraction of sp³-hybridized carbons (Fsp3) is 0.385. The molecule has 0 fully saturated rings. The Hall–Kier alpha value is -3.49. The van der Waals surface area contributed by atoms with E-state index in [1.165, 1.54) is 14.0 Å². The molecule has 3 amide bonds. The number of rotatable bonds is 12. The molecule has 3 unspecified atom stereocenters. The van der Waals surface area contributed by atoms with Gasteiger partial charge in [0.15, 0.2) is 0 Å². The molecule has 0 radical (unpaired) electrons. The average Bonchev–Trinajstić information content (AvgIpc) is 3.13. The van der Waals surface area contributed by atoms with E-state index in [0.717, 1.165) is 10.5 Å². The van der Waals surface area contributed by atoms with Gasteiger partial charge in [0, 0.05) is 12.7 Å². The van der Waals surface area contributed by atoms with Crippen LogP contribution in [0.5, 0.6) is 0 Å². The molecule has 2 N–H and O–H groups in total. The van der Waals surface area contributed by atoms with Crippen LogP contribution in [0.25, 0.3) is 0 Å². The summed E-state index contributed by atoms with van der Waals surface area (Å²) in [6, 6.07) is 15.5. The minimum Gasteiger partial charge on any atom is -0.469 e. The number of esters is 1. The first-order valence-electron chi connectivity index (χ1n) is 12.0. The van der Waals surface area contributed by atoms with Crippen molar-refractivity contribution in [3.63, 3.8) is 0 Å². The smallest absolute Gasteiger partial charge is 0.408 e. The number of fused-ring (bicyclic) bond motifs is 1. The third kappa shape index (κ3) is 7.27. The van der Waals surface area contributed by atoms with E-state index in [2.05, 4.69) is 10.1 Å². The first-order valence-corrected chi connectivity index (χ1v) is 13.9. The molecule has 3 rings (SSSR count). The molecule has 10 nitrogen and oxygen atoms in total. The summed E-state index contributed by atoms with van der Waals surface area (Å²) in [7, 11) is -2.88. The van der Waals surface area contributed by atoms with Gasteiger partial charge in [-0.2, -0.15) is 0 Å². The Kier molecular flexibility index (Phi) is 9.60. The van der Waals surface area contributed by atoms with Crippen LogP contribution in [-0.4, -0.2) is 59.3 Å². The molecule has 37 heavy (non-hydrogen) atoms. The van der Waals surface area contributed by atoms with Gasteiger partial charge in [0.1, 0.15) is 12.4 Å². The van der Waals surface area contributed by atoms with Crippen LogP contribution in [0.2, 0.25) is 0 Å². The van der Waals surface area contributed by atoms with Crippen molar-refractivity contribution in [1.29, 1.82) is 0 Å². The van der Waals surface area contributed by atoms with Gasteiger partial charge in [-0.15, -0.1) is 0 Å². The largest absolute Gasteiger partial charge is 0.469 e. The molecule has 1 heterocycles. The van der Waals surface area contributed by atoms with Gasteiger partial charge in [-0.3, -0.25) is 23.8 Å². The van der Waals surface area contributed by atoms with Crippen molar-refractivity contribution < 1.29 is 38.1 Å². The van der Waals surface area contributed by atoms with E-state index in [1.54, 1.807) is 48.5 Å². The number of nitrogens with zero attached hydrogens (tertiary/aromatic N) is 1. The van der Waals surface area contributed by atoms with Crippen molar-refractivity contribution in [1.82, 2.24) is 10.2 Å². The Balaban J connectivity index is 1.60. The number of unbranched alkanes of at least 4 members (excludes halogenated alkanes) is 1. The van der Waals surface area contributed by atoms with Gasteiger partial charge in [-0.05, 0) is 37.0 Å². The van der Waals surface area contributed by atoms with E-state index in [9.17, 15) is 28.6 Å². The van der Waals surface area contributed by atoms with Crippen LogP contribution in [-0.2, 0) is 25.4 Å². The van der Waals surface area contributed by atoms with Crippen LogP contribution in [0, 0.1) is 5.92 Å². The molecule has 2 aromatic carbocycles. The van der Waals surface area contributed by atoms with Gasteiger partial charge in [0.25, 0.3) is 11.8 Å². The molecule has 0 saturated carbocycles. The first kappa shape index (κ1) is 28.1. The van der Waals surface area contributed by atoms with Gasteiger partial charge in [-0.25, -0.2) is 4.79 Å². The number of imide groups is 1. The Morgan fingerprint density at radius 3 is 2.19 bits per heavy atom. The zero-order valence-corrected chi connectivity index (χ0v) is 21.7. The predicted octanol–water partition coefficient (Wildman–Crippen LogP) is 3.78. The highest BCUT2D eigenvalue weighted by molar-refractivity contribution is 7.58. The van der Waals surface area contributed by atoms with Crippen LogP contribution in [0.3, 0.4) is 0 Å². The number of ether oxygens (including phenoxy) is 2. The molecule has 0 aliphatic carbocycles. The van der Waals surface area contributed by atoms with Crippen LogP contribution in [0.4, 0.5) is 4.79 Å². The number of carbonyl (C=O) groups is 4. The molecule has 0 saturated heterocycles. The van der Waals surface area contributed by atoms with E-state index in [1.807, 2.05) is 6.07 Å². The summed E-state index contributed by atoms with van der Waals surface area (Å²) in [5.41, 5.74) is 1.45. The summed E-state index contributed by atoms with van der Waals surface area (Å²) < 4.78 is 23.1. The number of hydrogen-bond acceptors (Lipinski definition) is 7. The van der Waals surface area contributed by atoms with Crippen LogP contribution >= 0.6 is 7.37 Å². The van der Waals surface area contributed by atoms with Crippen LogP contribution < -0.4 is 5.32 Å². The van der Waals surface area contributed by atoms with Gasteiger partial charge in [-0.1, -0.05) is 49.4 Å². The minimum absolute atomic E-state index is 0.0204. The SMILES string of the molecule is COC(=O)C(C)CP(=O)(O)C(CCCCN1C(=O)c2ccccc2C1=O)NC(=O)OCc1ccccc1. The van der Waals surface area contributed by atoms with Crippen molar-refractivity contribution >= 4 is 31.2 Å². The molecule has 1 aliphatic rings. The van der Waals surface area contributed by atoms with Gasteiger partial charge in [0.05, 0.1) is 24.2 Å². The number of amides is 3. The molecular weight excluding hydrogens is 499 g/mol. The second kappa shape index (κ2) is 12.7. The Labute approximate surface area is 215 Å². The summed E-state index contributed by atoms with van der Waals surface area (Å²) in [4.78, 5) is 61.3. The Morgan fingerprint density at radius 2 is 1.59 bits per heavy atom. The maximum Gasteiger partial charge on any atom is 0.408 e. The normalized spacial score (nSPS) is 15.9. The summed E-state index contributed by atoms with van der Waals surface area (Å²) in [6.07, 6.45) is -0.495. The molecule has 3 atom stereocenters. The third-order valence-corrected chi connectivity index (χ3v) is 8.54. The fourth-order valence-electron chi connectivity index (χ4n) is 4.12. The summed E-state index contributed by atoms with van der Waals surface area (Å²) >= 11 is 0. The van der Waals surface area contributed by atoms with Crippen molar-refractivity contribution in [3.8, 4) is 0 Å². The lowest BCUT2D eigenvalue weighted by Gasteiger charge is -2.26. The zero-order valence-electron chi connectivity index (χ0n) is 20.8. The third-order valence-electron chi connectivity index (χ3n) is 6.11. The second-order valence-electron chi connectivity index (χ2n) is 8.89. The topological polar surface area (TPSA) is 139 Å². The number of carbonyl (C=O) groups excluding carboxylic acids is 4. The standard InChI is InChI=1S/C26H31N2O8P/c1-18(25(31)35-2)17-37(33,34)22(27-26(32)36-16-19-10-4-3-5-11-19)14-8-9-15-28-23(29)20-12-6-7-13-21(20)24(28)30/h3-7,10-13,18,22H,8-9,14-17H2,1-2H3,(H,27,32)(H,33,34). The van der Waals surface area contributed by atoms with Crippen LogP contribution in [0.15, 0.2) is 54.6 Å². The van der Waals surface area contributed by atoms with Gasteiger partial charge < -0.3 is 19.7 Å². The number of nitrogens with one attached hydrogen (secondary N) is 1. The number of benzene rings is 2. The highest BCUT2D eigenvalue weighted by Gasteiger charge is 2.37. The highest BCUT2D eigenvalue weighted by atomic mass is 31.2. The van der Waals surface area contributed by atoms with E-state index in [-0.39, 0.29) is 37.5 Å². The number of hydrogen-bond donors (Lipinski definition) is 2. The highest BCUT2D eigenvalue weighted by Crippen LogP contribution is 2.48. The lowest BCUT2D eigenvalue weighted by atomic mass is 10.1. The molecule has 0 bridgehead atoms. The van der Waals surface area contributed by atoms with Crippen molar-refractivity contribution in [2.24, 2.45) is 5.92 Å². The van der Waals surface area contributed by atoms with Gasteiger partial charge in [0.2, 0.25) is 7.37 Å². The lowest BCUT2D eigenvalue weighted by Crippen LogP contribution is -2.37. The van der Waals surface area contributed by atoms with E-state index < -0.39 is 31.1 Å². The molecule has 0 spiro atoms. The van der Waals surface area contributed by atoms with Gasteiger partial charge >= 0.3 is 12.1 Å². The number of methoxy groups -OCH3 is 1. The predicted molar refractivity (Wildman–Crippen MR) is 135 cm³/mol. The first-order chi connectivity index (χ1) is 17.6. The lowest BCUT2D eigenvalue weighted by molar-refractivity contribution is -0.144. The summed E-state index contributed by atoms with van der Waals surface area (Å²) in [5.74, 6) is -3.43. The quantitative estimate of drug-likeness (QED) is 0.183. The van der Waals surface area contributed by atoms with Crippen molar-refractivity contribution in [2.45, 2.75) is 38.6 Å². The number of alkyl carbamates (subject to hydrolysis) is 1. The summed E-state index contributed by atoms with van der Waals surface area (Å²) in [5, 5.41) is 2.48. The molecule has 0 aromatic heterocycles. The maximum absolute atomic E-state index is 13.2. The summed E-state index contributed by atoms with van der Waals surface area (Å²) in [6.45, 7) is 1.58. The Bertz CT molecular complexity index is 1150. The van der Waals surface area contributed by atoms with Crippen LogP contribution in [0.1, 0.15) is 52.5 Å². The Morgan fingerprint density at radius 1 is 1.00 bits per heavy atom. The van der Waals surface area contributed by atoms with Crippen molar-refractivity contribution in [2.75, 3.05) is 19.8 Å². The molecule has 198 valence electrons. The molecular formula is C26H31N2O8P. The average molecular weight is 531 g/mol. The molecule has 1 aliphatic heterocycles. The van der Waals surface area contributed by atoms with Crippen molar-refractivity contribution in [3.05, 3.63) is 71.3 Å². The minimum atomic E-state index is -4.07.